The van der Waals surface area contributed by atoms with Crippen LogP contribution in [-0.2, 0) is 16.0 Å². The number of nitrogens with zero attached hydrogens (tertiary/aromatic N) is 3. The maximum absolute atomic E-state index is 12.5. The minimum atomic E-state index is -1.09. The molecule has 4 rings (SSSR count). The summed E-state index contributed by atoms with van der Waals surface area (Å²) in [4.78, 5) is 34.4. The molecule has 2 aromatic rings. The smallest absolute Gasteiger partial charge is 0.337 e. The first kappa shape index (κ1) is 24.5. The van der Waals surface area contributed by atoms with Crippen molar-refractivity contribution in [2.75, 3.05) is 23.3 Å². The molecule has 1 aliphatic carbocycles. The number of carboxylic acid groups (broad SMARTS) is 1. The Morgan fingerprint density at radius 3 is 2.91 bits per heavy atom. The third-order valence-corrected chi connectivity index (χ3v) is 6.20. The molecular formula is C25H27ClN4O5. The first-order valence-electron chi connectivity index (χ1n) is 11.5. The fourth-order valence-electron chi connectivity index (χ4n) is 4.08. The first-order valence-corrected chi connectivity index (χ1v) is 11.9. The molecule has 1 unspecified atom stereocenters. The van der Waals surface area contributed by atoms with Crippen molar-refractivity contribution in [1.29, 1.82) is 0 Å². The summed E-state index contributed by atoms with van der Waals surface area (Å²) in [6, 6.07) is 4.65. The second-order valence-electron chi connectivity index (χ2n) is 8.51. The van der Waals surface area contributed by atoms with Crippen LogP contribution in [0.5, 0.6) is 0 Å². The van der Waals surface area contributed by atoms with Crippen molar-refractivity contribution in [2.24, 2.45) is 0 Å². The molecule has 1 saturated heterocycles. The highest BCUT2D eigenvalue weighted by atomic mass is 35.5. The molecule has 3 N–H and O–H groups in total. The number of aromatic carboxylic acids is 1. The summed E-state index contributed by atoms with van der Waals surface area (Å²) in [5.74, 6) is 0.491. The van der Waals surface area contributed by atoms with Gasteiger partial charge in [-0.15, -0.1) is 0 Å². The summed E-state index contributed by atoms with van der Waals surface area (Å²) >= 11 is 6.00. The number of rotatable bonds is 8. The minimum absolute atomic E-state index is 0.0287. The molecule has 1 amide bonds. The van der Waals surface area contributed by atoms with E-state index in [1.54, 1.807) is 18.3 Å². The predicted octanol–water partition coefficient (Wildman–Crippen LogP) is 4.50. The van der Waals surface area contributed by atoms with E-state index in [1.165, 1.54) is 12.3 Å². The zero-order chi connectivity index (χ0) is 24.8. The molecule has 1 aromatic heterocycles. The van der Waals surface area contributed by atoms with Gasteiger partial charge in [0.05, 0.1) is 29.5 Å². The lowest BCUT2D eigenvalue weighted by atomic mass is 10.1. The number of amides is 1. The van der Waals surface area contributed by atoms with Crippen molar-refractivity contribution in [3.8, 4) is 0 Å². The number of carbonyl (C=O) groups excluding carboxylic acids is 1. The third kappa shape index (κ3) is 6.51. The predicted molar refractivity (Wildman–Crippen MR) is 132 cm³/mol. The van der Waals surface area contributed by atoms with Crippen LogP contribution in [-0.4, -0.2) is 51.3 Å². The van der Waals surface area contributed by atoms with Gasteiger partial charge in [0.25, 0.3) is 0 Å². The zero-order valence-corrected chi connectivity index (χ0v) is 19.9. The average molecular weight is 499 g/mol. The van der Waals surface area contributed by atoms with E-state index in [2.05, 4.69) is 20.2 Å². The van der Waals surface area contributed by atoms with Crippen molar-refractivity contribution in [1.82, 2.24) is 9.97 Å². The van der Waals surface area contributed by atoms with E-state index in [4.69, 9.17) is 21.4 Å². The maximum atomic E-state index is 12.5. The van der Waals surface area contributed by atoms with Gasteiger partial charge in [-0.25, -0.2) is 9.78 Å². The van der Waals surface area contributed by atoms with E-state index >= 15 is 0 Å². The average Bonchev–Trinajstić information content (AvgIpc) is 2.84. The van der Waals surface area contributed by atoms with E-state index in [-0.39, 0.29) is 34.8 Å². The molecule has 2 heterocycles. The third-order valence-electron chi connectivity index (χ3n) is 5.89. The number of halogens is 1. The van der Waals surface area contributed by atoms with Crippen LogP contribution in [0.25, 0.3) is 0 Å². The van der Waals surface area contributed by atoms with Gasteiger partial charge >= 0.3 is 5.97 Å². The van der Waals surface area contributed by atoms with Crippen LogP contribution >= 0.6 is 11.6 Å². The van der Waals surface area contributed by atoms with Gasteiger partial charge in [-0.3, -0.25) is 9.78 Å². The van der Waals surface area contributed by atoms with Gasteiger partial charge in [0, 0.05) is 19.4 Å². The fourth-order valence-corrected chi connectivity index (χ4v) is 4.36. The highest BCUT2D eigenvalue weighted by molar-refractivity contribution is 6.33. The van der Waals surface area contributed by atoms with E-state index in [9.17, 15) is 14.7 Å². The lowest BCUT2D eigenvalue weighted by molar-refractivity contribution is -0.116. The number of aliphatic hydroxyl groups excluding tert-OH is 1. The summed E-state index contributed by atoms with van der Waals surface area (Å²) in [7, 11) is 0. The van der Waals surface area contributed by atoms with Crippen LogP contribution in [0.3, 0.4) is 0 Å². The number of aryl methyl sites for hydroxylation is 1. The van der Waals surface area contributed by atoms with Gasteiger partial charge in [0.15, 0.2) is 11.6 Å². The number of hydrogen-bond acceptors (Lipinski definition) is 7. The molecule has 0 saturated carbocycles. The minimum Gasteiger partial charge on any atom is -0.508 e. The monoisotopic (exact) mass is 498 g/mol. The Kier molecular flexibility index (Phi) is 7.87. The highest BCUT2D eigenvalue weighted by Gasteiger charge is 2.24. The van der Waals surface area contributed by atoms with Crippen LogP contribution in [0, 0.1) is 0 Å². The van der Waals surface area contributed by atoms with Gasteiger partial charge in [-0.2, -0.15) is 0 Å². The van der Waals surface area contributed by atoms with Gasteiger partial charge in [0.2, 0.25) is 5.91 Å². The number of aliphatic hydroxyl groups is 1. The van der Waals surface area contributed by atoms with Gasteiger partial charge < -0.3 is 25.2 Å². The number of nitrogens with one attached hydrogen (secondary N) is 1. The maximum Gasteiger partial charge on any atom is 0.337 e. The van der Waals surface area contributed by atoms with Crippen molar-refractivity contribution in [3.63, 3.8) is 0 Å². The summed E-state index contributed by atoms with van der Waals surface area (Å²) in [5.41, 5.74) is 0.796. The number of anilines is 2. The molecule has 0 bridgehead atoms. The van der Waals surface area contributed by atoms with Crippen LogP contribution < -0.4 is 10.2 Å². The molecule has 184 valence electrons. The summed E-state index contributed by atoms with van der Waals surface area (Å²) in [6.45, 7) is 1.39. The molecule has 1 aromatic carbocycles. The van der Waals surface area contributed by atoms with Gasteiger partial charge in [-0.1, -0.05) is 23.7 Å². The van der Waals surface area contributed by atoms with Gasteiger partial charge in [0.1, 0.15) is 17.7 Å². The van der Waals surface area contributed by atoms with E-state index in [1.807, 2.05) is 12.2 Å². The molecule has 0 spiro atoms. The summed E-state index contributed by atoms with van der Waals surface area (Å²) in [6.07, 6.45) is 10.7. The van der Waals surface area contributed by atoms with Crippen LogP contribution in [0.15, 0.2) is 54.3 Å². The fraction of sp³-hybridized carbons (Fsp3) is 0.360. The van der Waals surface area contributed by atoms with Crippen LogP contribution in [0.1, 0.15) is 48.0 Å². The molecule has 35 heavy (non-hydrogen) atoms. The Balaban J connectivity index is 1.33. The lowest BCUT2D eigenvalue weighted by Gasteiger charge is -2.34. The number of piperidine rings is 1. The standard InChI is InChI=1S/C25H27ClN4O5/c26-19-12-16(7-9-18(19)25(33)34)8-10-24(32)29-22-13-27-14-23(28-22)30-11-3-4-17(15-30)35-21-6-2-1-5-20(21)31/h2,6-7,9,12-14,17,31H,1,3-5,8,10-11,15H2,(H,33,34)(H,28,29,32). The molecular weight excluding hydrogens is 472 g/mol. The van der Waals surface area contributed by atoms with Gasteiger partial charge in [-0.05, 0) is 49.5 Å². The molecule has 1 fully saturated rings. The second kappa shape index (κ2) is 11.2. The van der Waals surface area contributed by atoms with Crippen molar-refractivity contribution >= 4 is 35.1 Å². The Labute approximate surface area is 208 Å². The number of allylic oxidation sites excluding steroid dienone is 3. The number of carboxylic acids is 1. The quantitative estimate of drug-likeness (QED) is 0.485. The number of hydrogen-bond donors (Lipinski definition) is 3. The van der Waals surface area contributed by atoms with Crippen molar-refractivity contribution in [2.45, 2.75) is 44.6 Å². The van der Waals surface area contributed by atoms with Crippen molar-refractivity contribution < 1.29 is 24.5 Å². The Hall–Kier alpha value is -3.59. The molecule has 1 aliphatic heterocycles. The highest BCUT2D eigenvalue weighted by Crippen LogP contribution is 2.25. The van der Waals surface area contributed by atoms with Crippen molar-refractivity contribution in [3.05, 3.63) is 70.4 Å². The molecule has 0 radical (unpaired) electrons. The molecule has 1 atom stereocenters. The zero-order valence-electron chi connectivity index (χ0n) is 19.1. The lowest BCUT2D eigenvalue weighted by Crippen LogP contribution is -2.40. The molecule has 10 heteroatoms. The van der Waals surface area contributed by atoms with E-state index in [0.29, 0.717) is 36.8 Å². The molecule has 9 nitrogen and oxygen atoms in total. The SMILES string of the molecule is O=C(CCc1ccc(C(=O)O)c(Cl)c1)Nc1cncc(N2CCCC(OC3=C(O)CCC=C3)C2)n1. The first-order chi connectivity index (χ1) is 16.9. The van der Waals surface area contributed by atoms with E-state index < -0.39 is 5.97 Å². The number of aromatic nitrogens is 2. The Morgan fingerprint density at radius 1 is 1.29 bits per heavy atom. The number of ether oxygens (including phenoxy) is 1. The van der Waals surface area contributed by atoms with Crippen LogP contribution in [0.2, 0.25) is 5.02 Å². The van der Waals surface area contributed by atoms with E-state index in [0.717, 1.165) is 31.4 Å². The second-order valence-corrected chi connectivity index (χ2v) is 8.92. The topological polar surface area (TPSA) is 125 Å². The molecule has 2 aliphatic rings. The Morgan fingerprint density at radius 2 is 2.14 bits per heavy atom. The number of benzene rings is 1. The normalized spacial score (nSPS) is 17.9. The summed E-state index contributed by atoms with van der Waals surface area (Å²) in [5, 5.41) is 22.0. The number of carbonyl (C=O) groups is 2. The Bertz CT molecular complexity index is 1170. The van der Waals surface area contributed by atoms with Crippen LogP contribution in [0.4, 0.5) is 11.6 Å². The summed E-state index contributed by atoms with van der Waals surface area (Å²) < 4.78 is 6.04. The largest absolute Gasteiger partial charge is 0.508 e.